The molecule has 0 aromatic carbocycles. The molecular weight excluding hydrogens is 136 g/mol. The first-order valence-corrected chi connectivity index (χ1v) is 4.10. The van der Waals surface area contributed by atoms with Crippen molar-refractivity contribution in [2.75, 3.05) is 0 Å². The van der Waals surface area contributed by atoms with Gasteiger partial charge in [0, 0.05) is 0 Å². The SMILES string of the molecule is CC(C)C(O)C1=CC[CH]C=C1. The van der Waals surface area contributed by atoms with Crippen LogP contribution in [0.4, 0.5) is 0 Å². The highest BCUT2D eigenvalue weighted by molar-refractivity contribution is 5.29. The fraction of sp³-hybridized carbons (Fsp3) is 0.500. The summed E-state index contributed by atoms with van der Waals surface area (Å²) in [6.07, 6.45) is 8.80. The summed E-state index contributed by atoms with van der Waals surface area (Å²) in [7, 11) is 0. The van der Waals surface area contributed by atoms with Gasteiger partial charge in [0.1, 0.15) is 0 Å². The van der Waals surface area contributed by atoms with Crippen molar-refractivity contribution < 1.29 is 5.11 Å². The van der Waals surface area contributed by atoms with Gasteiger partial charge >= 0.3 is 0 Å². The molecule has 1 heteroatoms. The van der Waals surface area contributed by atoms with Gasteiger partial charge in [0.25, 0.3) is 0 Å². The third-order valence-electron chi connectivity index (χ3n) is 1.89. The van der Waals surface area contributed by atoms with Crippen LogP contribution in [0.15, 0.2) is 23.8 Å². The second-order valence-corrected chi connectivity index (χ2v) is 3.22. The van der Waals surface area contributed by atoms with Crippen LogP contribution in [0.2, 0.25) is 0 Å². The van der Waals surface area contributed by atoms with Crippen LogP contribution in [0.25, 0.3) is 0 Å². The quantitative estimate of drug-likeness (QED) is 0.640. The first kappa shape index (κ1) is 8.54. The van der Waals surface area contributed by atoms with Gasteiger partial charge in [-0.1, -0.05) is 32.1 Å². The molecule has 1 nitrogen and oxygen atoms in total. The summed E-state index contributed by atoms with van der Waals surface area (Å²) in [5.41, 5.74) is 1.06. The van der Waals surface area contributed by atoms with Crippen LogP contribution in [-0.4, -0.2) is 11.2 Å². The summed E-state index contributed by atoms with van der Waals surface area (Å²) in [5, 5.41) is 9.62. The summed E-state index contributed by atoms with van der Waals surface area (Å²) in [6.45, 7) is 4.05. The molecule has 0 saturated heterocycles. The molecule has 1 aliphatic carbocycles. The van der Waals surface area contributed by atoms with Crippen LogP contribution < -0.4 is 0 Å². The van der Waals surface area contributed by atoms with Gasteiger partial charge < -0.3 is 5.11 Å². The molecule has 1 rings (SSSR count). The molecule has 61 valence electrons. The molecule has 0 aromatic heterocycles. The molecule has 0 fully saturated rings. The molecule has 0 bridgehead atoms. The highest BCUT2D eigenvalue weighted by Crippen LogP contribution is 2.17. The fourth-order valence-corrected chi connectivity index (χ4v) is 1.13. The average molecular weight is 151 g/mol. The molecule has 1 unspecified atom stereocenters. The van der Waals surface area contributed by atoms with Gasteiger partial charge in [0.15, 0.2) is 0 Å². The van der Waals surface area contributed by atoms with Crippen LogP contribution in [-0.2, 0) is 0 Å². The molecule has 0 heterocycles. The summed E-state index contributed by atoms with van der Waals surface area (Å²) in [5.74, 6) is 0.309. The molecule has 1 radical (unpaired) electrons. The van der Waals surface area contributed by atoms with E-state index in [1.54, 1.807) is 0 Å². The molecule has 1 N–H and O–H groups in total. The zero-order valence-corrected chi connectivity index (χ0v) is 7.12. The van der Waals surface area contributed by atoms with E-state index in [0.29, 0.717) is 5.92 Å². The number of aliphatic hydroxyl groups is 1. The van der Waals surface area contributed by atoms with Crippen LogP contribution in [0.3, 0.4) is 0 Å². The molecule has 1 atom stereocenters. The van der Waals surface area contributed by atoms with E-state index >= 15 is 0 Å². The van der Waals surface area contributed by atoms with Crippen molar-refractivity contribution in [3.63, 3.8) is 0 Å². The van der Waals surface area contributed by atoms with Crippen LogP contribution in [0.1, 0.15) is 20.3 Å². The van der Waals surface area contributed by atoms with E-state index in [2.05, 4.69) is 12.5 Å². The maximum Gasteiger partial charge on any atom is 0.0809 e. The highest BCUT2D eigenvalue weighted by Gasteiger charge is 2.13. The Morgan fingerprint density at radius 2 is 2.18 bits per heavy atom. The van der Waals surface area contributed by atoms with Gasteiger partial charge in [-0.2, -0.15) is 0 Å². The van der Waals surface area contributed by atoms with Crippen molar-refractivity contribution in [3.05, 3.63) is 30.2 Å². The summed E-state index contributed by atoms with van der Waals surface area (Å²) >= 11 is 0. The predicted molar refractivity (Wildman–Crippen MR) is 47.0 cm³/mol. The van der Waals surface area contributed by atoms with E-state index in [1.807, 2.05) is 26.0 Å². The van der Waals surface area contributed by atoms with Crippen molar-refractivity contribution in [2.24, 2.45) is 5.92 Å². The Kier molecular flexibility index (Phi) is 2.89. The Labute approximate surface area is 68.4 Å². The topological polar surface area (TPSA) is 20.2 Å². The molecule has 0 saturated carbocycles. The normalized spacial score (nSPS) is 20.2. The van der Waals surface area contributed by atoms with Gasteiger partial charge in [0.2, 0.25) is 0 Å². The van der Waals surface area contributed by atoms with E-state index < -0.39 is 0 Å². The molecule has 0 aliphatic heterocycles. The summed E-state index contributed by atoms with van der Waals surface area (Å²) in [4.78, 5) is 0. The van der Waals surface area contributed by atoms with E-state index in [0.717, 1.165) is 12.0 Å². The van der Waals surface area contributed by atoms with Crippen molar-refractivity contribution in [1.29, 1.82) is 0 Å². The lowest BCUT2D eigenvalue weighted by atomic mass is 9.95. The first-order chi connectivity index (χ1) is 5.22. The van der Waals surface area contributed by atoms with E-state index in [-0.39, 0.29) is 6.10 Å². The van der Waals surface area contributed by atoms with Gasteiger partial charge in [-0.15, -0.1) is 0 Å². The van der Waals surface area contributed by atoms with E-state index in [1.165, 1.54) is 0 Å². The van der Waals surface area contributed by atoms with Gasteiger partial charge in [-0.05, 0) is 24.3 Å². The number of hydrogen-bond acceptors (Lipinski definition) is 1. The maximum absolute atomic E-state index is 9.62. The minimum atomic E-state index is -0.292. The lowest BCUT2D eigenvalue weighted by molar-refractivity contribution is 0.163. The minimum absolute atomic E-state index is 0.292. The zero-order valence-electron chi connectivity index (χ0n) is 7.12. The number of allylic oxidation sites excluding steroid dienone is 2. The van der Waals surface area contributed by atoms with Crippen molar-refractivity contribution in [2.45, 2.75) is 26.4 Å². The summed E-state index contributed by atoms with van der Waals surface area (Å²) < 4.78 is 0. The Bertz CT molecular complexity index is 177. The van der Waals surface area contributed by atoms with Crippen molar-refractivity contribution in [1.82, 2.24) is 0 Å². The Morgan fingerprint density at radius 3 is 2.64 bits per heavy atom. The lowest BCUT2D eigenvalue weighted by Crippen LogP contribution is -2.17. The van der Waals surface area contributed by atoms with Crippen LogP contribution in [0.5, 0.6) is 0 Å². The highest BCUT2D eigenvalue weighted by atomic mass is 16.3. The minimum Gasteiger partial charge on any atom is -0.388 e. The number of hydrogen-bond donors (Lipinski definition) is 1. The molecule has 1 aliphatic rings. The van der Waals surface area contributed by atoms with E-state index in [4.69, 9.17) is 0 Å². The van der Waals surface area contributed by atoms with Crippen LogP contribution >= 0.6 is 0 Å². The monoisotopic (exact) mass is 151 g/mol. The van der Waals surface area contributed by atoms with Crippen molar-refractivity contribution >= 4 is 0 Å². The first-order valence-electron chi connectivity index (χ1n) is 4.10. The Morgan fingerprint density at radius 1 is 1.45 bits per heavy atom. The molecule has 0 amide bonds. The average Bonchev–Trinajstić information content (AvgIpc) is 2.05. The second-order valence-electron chi connectivity index (χ2n) is 3.22. The third-order valence-corrected chi connectivity index (χ3v) is 1.89. The predicted octanol–water partition coefficient (Wildman–Crippen LogP) is 2.09. The molecule has 0 aromatic rings. The van der Waals surface area contributed by atoms with Crippen molar-refractivity contribution in [3.8, 4) is 0 Å². The van der Waals surface area contributed by atoms with E-state index in [9.17, 15) is 5.11 Å². The summed E-state index contributed by atoms with van der Waals surface area (Å²) in [6, 6.07) is 0. The third kappa shape index (κ3) is 2.19. The second kappa shape index (κ2) is 3.72. The fourth-order valence-electron chi connectivity index (χ4n) is 1.13. The van der Waals surface area contributed by atoms with Gasteiger partial charge in [-0.25, -0.2) is 0 Å². The van der Waals surface area contributed by atoms with Crippen LogP contribution in [0, 0.1) is 12.3 Å². The van der Waals surface area contributed by atoms with Gasteiger partial charge in [0.05, 0.1) is 6.10 Å². The zero-order chi connectivity index (χ0) is 8.27. The number of aliphatic hydroxyl groups excluding tert-OH is 1. The standard InChI is InChI=1S/C10H15O/c1-8(2)10(11)9-6-4-3-5-7-9/h3-4,6-8,10-11H,5H2,1-2H3. The van der Waals surface area contributed by atoms with Gasteiger partial charge in [-0.3, -0.25) is 0 Å². The maximum atomic E-state index is 9.62. The smallest absolute Gasteiger partial charge is 0.0809 e. The Balaban J connectivity index is 2.59. The molecule has 11 heavy (non-hydrogen) atoms. The lowest BCUT2D eigenvalue weighted by Gasteiger charge is -2.17. The largest absolute Gasteiger partial charge is 0.388 e. The number of rotatable bonds is 2. The Hall–Kier alpha value is -0.560. The molecular formula is C10H15O. The molecule has 0 spiro atoms.